The van der Waals surface area contributed by atoms with Crippen molar-refractivity contribution >= 4 is 17.6 Å². The summed E-state index contributed by atoms with van der Waals surface area (Å²) in [6.07, 6.45) is 0.175. The number of rotatable bonds is 7. The van der Waals surface area contributed by atoms with E-state index in [1.54, 1.807) is 20.3 Å². The number of amides is 1. The Hall–Kier alpha value is -3.35. The number of carbonyl (C=O) groups is 2. The van der Waals surface area contributed by atoms with Gasteiger partial charge in [-0.15, -0.1) is 0 Å². The number of benzene rings is 2. The van der Waals surface area contributed by atoms with Crippen molar-refractivity contribution in [2.75, 3.05) is 14.2 Å². The zero-order valence-electron chi connectivity index (χ0n) is 15.8. The van der Waals surface area contributed by atoms with Crippen molar-refractivity contribution in [1.29, 1.82) is 0 Å². The monoisotopic (exact) mass is 382 g/mol. The number of hydrogen-bond donors (Lipinski definition) is 1. The van der Waals surface area contributed by atoms with Gasteiger partial charge in [-0.1, -0.05) is 30.3 Å². The number of hydrazone groups is 1. The van der Waals surface area contributed by atoms with Crippen molar-refractivity contribution in [2.45, 2.75) is 25.3 Å². The standard InChI is InChI=1S/C21H22N2O5/c1-27-15-8-9-16(19(12-15)28-2)17-13-18(14-6-4-3-5-7-14)23(22-17)20(24)10-11-21(25)26/h3-9,12,18H,10-11,13H2,1-2H3,(H,25,26)/t18-/m0/s1. The van der Waals surface area contributed by atoms with Crippen LogP contribution in [-0.4, -0.2) is 41.9 Å². The van der Waals surface area contributed by atoms with Crippen molar-refractivity contribution in [3.8, 4) is 11.5 Å². The summed E-state index contributed by atoms with van der Waals surface area (Å²) in [5, 5.41) is 14.8. The summed E-state index contributed by atoms with van der Waals surface area (Å²) in [6, 6.07) is 14.7. The second kappa shape index (κ2) is 8.56. The van der Waals surface area contributed by atoms with Crippen LogP contribution in [0, 0.1) is 0 Å². The maximum atomic E-state index is 12.7. The Kier molecular flexibility index (Phi) is 5.93. The molecule has 2 aromatic rings. The van der Waals surface area contributed by atoms with Crippen molar-refractivity contribution in [3.63, 3.8) is 0 Å². The maximum absolute atomic E-state index is 12.7. The predicted octanol–water partition coefficient (Wildman–Crippen LogP) is 3.25. The van der Waals surface area contributed by atoms with Gasteiger partial charge in [0, 0.05) is 24.5 Å². The number of nitrogens with zero attached hydrogens (tertiary/aromatic N) is 2. The Labute approximate surface area is 163 Å². The lowest BCUT2D eigenvalue weighted by atomic mass is 9.97. The van der Waals surface area contributed by atoms with Gasteiger partial charge in [-0.2, -0.15) is 5.10 Å². The van der Waals surface area contributed by atoms with Crippen LogP contribution in [0.15, 0.2) is 53.6 Å². The highest BCUT2D eigenvalue weighted by Crippen LogP contribution is 2.36. The first-order valence-corrected chi connectivity index (χ1v) is 8.92. The summed E-state index contributed by atoms with van der Waals surface area (Å²) in [4.78, 5) is 23.5. The smallest absolute Gasteiger partial charge is 0.303 e. The minimum atomic E-state index is -1.01. The molecule has 1 N–H and O–H groups in total. The lowest BCUT2D eigenvalue weighted by Gasteiger charge is -2.21. The molecular weight excluding hydrogens is 360 g/mol. The zero-order chi connectivity index (χ0) is 20.1. The molecule has 3 rings (SSSR count). The van der Waals surface area contributed by atoms with Crippen LogP contribution < -0.4 is 9.47 Å². The number of carboxylic acids is 1. The molecule has 0 fully saturated rings. The summed E-state index contributed by atoms with van der Waals surface area (Å²) >= 11 is 0. The number of methoxy groups -OCH3 is 2. The van der Waals surface area contributed by atoms with Crippen molar-refractivity contribution in [1.82, 2.24) is 5.01 Å². The molecule has 0 unspecified atom stereocenters. The molecule has 0 aromatic heterocycles. The molecular formula is C21H22N2O5. The normalized spacial score (nSPS) is 15.9. The van der Waals surface area contributed by atoms with Gasteiger partial charge in [-0.3, -0.25) is 9.59 Å². The molecule has 1 aliphatic rings. The molecule has 1 atom stereocenters. The number of hydrogen-bond acceptors (Lipinski definition) is 5. The molecule has 0 bridgehead atoms. The lowest BCUT2D eigenvalue weighted by molar-refractivity contribution is -0.141. The Morgan fingerprint density at radius 1 is 1.11 bits per heavy atom. The highest BCUT2D eigenvalue weighted by atomic mass is 16.5. The van der Waals surface area contributed by atoms with E-state index in [1.165, 1.54) is 5.01 Å². The largest absolute Gasteiger partial charge is 0.497 e. The molecule has 146 valence electrons. The predicted molar refractivity (Wildman–Crippen MR) is 104 cm³/mol. The highest BCUT2D eigenvalue weighted by Gasteiger charge is 2.34. The van der Waals surface area contributed by atoms with Crippen molar-refractivity contribution in [3.05, 3.63) is 59.7 Å². The second-order valence-corrected chi connectivity index (χ2v) is 6.38. The van der Waals surface area contributed by atoms with Crippen LogP contribution in [0.5, 0.6) is 11.5 Å². The summed E-state index contributed by atoms with van der Waals surface area (Å²) in [5.74, 6) is -0.0680. The fourth-order valence-electron chi connectivity index (χ4n) is 3.20. The van der Waals surface area contributed by atoms with Gasteiger partial charge >= 0.3 is 5.97 Å². The molecule has 0 radical (unpaired) electrons. The summed E-state index contributed by atoms with van der Waals surface area (Å²) in [7, 11) is 3.15. The van der Waals surface area contributed by atoms with Crippen LogP contribution >= 0.6 is 0 Å². The van der Waals surface area contributed by atoms with Gasteiger partial charge in [0.05, 0.1) is 32.4 Å². The Morgan fingerprint density at radius 3 is 2.50 bits per heavy atom. The van der Waals surface area contributed by atoms with E-state index in [9.17, 15) is 9.59 Å². The molecule has 28 heavy (non-hydrogen) atoms. The van der Waals surface area contributed by atoms with Crippen LogP contribution in [0.4, 0.5) is 0 Å². The number of aliphatic carboxylic acids is 1. The zero-order valence-corrected chi connectivity index (χ0v) is 15.8. The average Bonchev–Trinajstić information content (AvgIpc) is 3.17. The van der Waals surface area contributed by atoms with E-state index in [2.05, 4.69) is 5.10 Å². The van der Waals surface area contributed by atoms with Gasteiger partial charge in [0.2, 0.25) is 5.91 Å². The van der Waals surface area contributed by atoms with Crippen LogP contribution in [0.25, 0.3) is 0 Å². The fraction of sp³-hybridized carbons (Fsp3) is 0.286. The van der Waals surface area contributed by atoms with Gasteiger partial charge in [0.15, 0.2) is 0 Å². The molecule has 0 saturated heterocycles. The Bertz CT molecular complexity index is 895. The topological polar surface area (TPSA) is 88.4 Å². The summed E-state index contributed by atoms with van der Waals surface area (Å²) in [6.45, 7) is 0. The molecule has 7 heteroatoms. The highest BCUT2D eigenvalue weighted by molar-refractivity contribution is 6.05. The van der Waals surface area contributed by atoms with Crippen molar-refractivity contribution in [2.24, 2.45) is 5.10 Å². The van der Waals surface area contributed by atoms with E-state index in [4.69, 9.17) is 14.6 Å². The summed E-state index contributed by atoms with van der Waals surface area (Å²) < 4.78 is 10.7. The van der Waals surface area contributed by atoms with Gasteiger partial charge in [-0.25, -0.2) is 5.01 Å². The van der Waals surface area contributed by atoms with Crippen LogP contribution in [0.3, 0.4) is 0 Å². The third-order valence-electron chi connectivity index (χ3n) is 4.62. The van der Waals surface area contributed by atoms with E-state index in [-0.39, 0.29) is 24.8 Å². The van der Waals surface area contributed by atoms with E-state index in [1.807, 2.05) is 42.5 Å². The summed E-state index contributed by atoms with van der Waals surface area (Å²) in [5.41, 5.74) is 2.42. The van der Waals surface area contributed by atoms with Crippen LogP contribution in [-0.2, 0) is 9.59 Å². The van der Waals surface area contributed by atoms with Gasteiger partial charge in [-0.05, 0) is 17.7 Å². The van der Waals surface area contributed by atoms with Gasteiger partial charge < -0.3 is 14.6 Å². The molecule has 1 aliphatic heterocycles. The van der Waals surface area contributed by atoms with Crippen LogP contribution in [0.2, 0.25) is 0 Å². The molecule has 0 aliphatic carbocycles. The van der Waals surface area contributed by atoms with E-state index >= 15 is 0 Å². The molecule has 7 nitrogen and oxygen atoms in total. The molecule has 2 aromatic carbocycles. The number of carboxylic acid groups (broad SMARTS) is 1. The minimum absolute atomic E-state index is 0.102. The number of carbonyl (C=O) groups excluding carboxylic acids is 1. The van der Waals surface area contributed by atoms with E-state index in [0.717, 1.165) is 11.1 Å². The third-order valence-corrected chi connectivity index (χ3v) is 4.62. The first-order valence-electron chi connectivity index (χ1n) is 8.92. The second-order valence-electron chi connectivity index (χ2n) is 6.38. The maximum Gasteiger partial charge on any atom is 0.303 e. The first-order chi connectivity index (χ1) is 13.5. The molecule has 1 amide bonds. The molecule has 0 spiro atoms. The van der Waals surface area contributed by atoms with Gasteiger partial charge in [0.1, 0.15) is 11.5 Å². The third kappa shape index (κ3) is 4.14. The average molecular weight is 382 g/mol. The fourth-order valence-corrected chi connectivity index (χ4v) is 3.20. The molecule has 1 heterocycles. The Morgan fingerprint density at radius 2 is 1.86 bits per heavy atom. The number of ether oxygens (including phenoxy) is 2. The van der Waals surface area contributed by atoms with E-state index in [0.29, 0.717) is 23.6 Å². The minimum Gasteiger partial charge on any atom is -0.497 e. The van der Waals surface area contributed by atoms with Crippen LogP contribution in [0.1, 0.15) is 36.4 Å². The van der Waals surface area contributed by atoms with Crippen molar-refractivity contribution < 1.29 is 24.2 Å². The Balaban J connectivity index is 1.95. The molecule has 0 saturated carbocycles. The van der Waals surface area contributed by atoms with E-state index < -0.39 is 5.97 Å². The van der Waals surface area contributed by atoms with Gasteiger partial charge in [0.25, 0.3) is 0 Å². The lowest BCUT2D eigenvalue weighted by Crippen LogP contribution is -2.27. The first kappa shape index (κ1) is 19.4. The SMILES string of the molecule is COc1ccc(C2=NN(C(=O)CCC(=O)O)[C@H](c3ccccc3)C2)c(OC)c1. The quantitative estimate of drug-likeness (QED) is 0.794.